The molecule has 3 aromatic carbocycles. The number of fused-ring (bicyclic) bond motifs is 7. The van der Waals surface area contributed by atoms with E-state index in [-0.39, 0.29) is 0 Å². The maximum absolute atomic E-state index is 6.18. The van der Waals surface area contributed by atoms with E-state index in [2.05, 4.69) is 36.1 Å². The zero-order valence-corrected chi connectivity index (χ0v) is 20.3. The summed E-state index contributed by atoms with van der Waals surface area (Å²) < 4.78 is 23.3. The van der Waals surface area contributed by atoms with E-state index in [9.17, 15) is 0 Å². The van der Waals surface area contributed by atoms with Gasteiger partial charge in [0.05, 0.1) is 27.9 Å². The Morgan fingerprint density at radius 1 is 0.788 bits per heavy atom. The van der Waals surface area contributed by atoms with Crippen molar-refractivity contribution in [1.29, 1.82) is 0 Å². The van der Waals surface area contributed by atoms with Crippen LogP contribution < -0.4 is 18.9 Å². The van der Waals surface area contributed by atoms with E-state index in [1.165, 1.54) is 58.5 Å². The van der Waals surface area contributed by atoms with Gasteiger partial charge in [0.2, 0.25) is 0 Å². The van der Waals surface area contributed by atoms with Gasteiger partial charge in [-0.2, -0.15) is 0 Å². The van der Waals surface area contributed by atoms with Crippen LogP contribution in [0.15, 0.2) is 24.3 Å². The second-order valence-corrected chi connectivity index (χ2v) is 9.28. The Hall–Kier alpha value is -2.66. The zero-order chi connectivity index (χ0) is 22.9. The summed E-state index contributed by atoms with van der Waals surface area (Å²) in [6.45, 7) is 5.06. The fourth-order valence-corrected chi connectivity index (χ4v) is 5.66. The van der Waals surface area contributed by atoms with Crippen molar-refractivity contribution in [2.24, 2.45) is 0 Å². The van der Waals surface area contributed by atoms with Crippen molar-refractivity contribution in [3.63, 3.8) is 0 Å². The average molecular weight is 450 g/mol. The van der Waals surface area contributed by atoms with Crippen LogP contribution in [0.4, 0.5) is 0 Å². The van der Waals surface area contributed by atoms with Gasteiger partial charge in [-0.15, -0.1) is 0 Å². The van der Waals surface area contributed by atoms with Gasteiger partial charge in [-0.05, 0) is 89.2 Å². The molecule has 0 radical (unpaired) electrons. The van der Waals surface area contributed by atoms with Crippen LogP contribution in [0, 0.1) is 0 Å². The van der Waals surface area contributed by atoms with Crippen molar-refractivity contribution < 1.29 is 18.9 Å². The highest BCUT2D eigenvalue weighted by molar-refractivity contribution is 6.12. The molecule has 0 amide bonds. The van der Waals surface area contributed by atoms with Gasteiger partial charge in [0.1, 0.15) is 0 Å². The number of unbranched alkanes of at least 4 members (excludes halogenated alkanes) is 1. The minimum absolute atomic E-state index is 0.624. The normalized spacial score (nSPS) is 18.1. The minimum atomic E-state index is 0.624. The Kier molecular flexibility index (Phi) is 6.24. The molecule has 1 saturated heterocycles. The van der Waals surface area contributed by atoms with Crippen molar-refractivity contribution in [3.05, 3.63) is 35.4 Å². The Balaban J connectivity index is 1.79. The highest BCUT2D eigenvalue weighted by atomic mass is 16.5. The molecule has 0 aliphatic carbocycles. The molecule has 2 heterocycles. The highest BCUT2D eigenvalue weighted by Gasteiger charge is 2.31. The smallest absolute Gasteiger partial charge is 0.161 e. The van der Waals surface area contributed by atoms with Gasteiger partial charge in [0, 0.05) is 12.6 Å². The van der Waals surface area contributed by atoms with Crippen LogP contribution in [-0.2, 0) is 13.0 Å². The standard InChI is InChI=1S/C28H35NO4/c1-5-6-11-33-28-16-23-22(15-27(28)32-4)21-14-26(31-3)25(30-2)13-20(21)19-12-18-9-7-8-10-29(18)17-24(19)23/h13-16,18H,5-12,17H2,1-4H3. The van der Waals surface area contributed by atoms with E-state index in [1.807, 2.05) is 0 Å². The first kappa shape index (κ1) is 22.1. The van der Waals surface area contributed by atoms with Crippen molar-refractivity contribution >= 4 is 21.5 Å². The van der Waals surface area contributed by atoms with Crippen molar-refractivity contribution in [2.75, 3.05) is 34.5 Å². The molecular formula is C28H35NO4. The lowest BCUT2D eigenvalue weighted by Gasteiger charge is -2.41. The fourth-order valence-electron chi connectivity index (χ4n) is 5.66. The summed E-state index contributed by atoms with van der Waals surface area (Å²) in [5.74, 6) is 3.15. The van der Waals surface area contributed by atoms with Gasteiger partial charge in [-0.25, -0.2) is 0 Å². The molecule has 0 spiro atoms. The third kappa shape index (κ3) is 3.86. The summed E-state index contributed by atoms with van der Waals surface area (Å²) in [6, 6.07) is 9.28. The van der Waals surface area contributed by atoms with Crippen LogP contribution in [0.1, 0.15) is 50.2 Å². The third-order valence-corrected chi connectivity index (χ3v) is 7.44. The van der Waals surface area contributed by atoms with Crippen LogP contribution in [0.2, 0.25) is 0 Å². The van der Waals surface area contributed by atoms with Crippen molar-refractivity contribution in [3.8, 4) is 23.0 Å². The lowest BCUT2D eigenvalue weighted by atomic mass is 9.82. The molecule has 0 saturated carbocycles. The van der Waals surface area contributed by atoms with Gasteiger partial charge in [0.25, 0.3) is 0 Å². The maximum Gasteiger partial charge on any atom is 0.161 e. The summed E-state index contributed by atoms with van der Waals surface area (Å²) >= 11 is 0. The molecule has 5 rings (SSSR count). The molecule has 33 heavy (non-hydrogen) atoms. The SMILES string of the molecule is CCCCOc1cc2c3c(c4cc(OC)c(OC)cc4c2cc1OC)CC1CCCCN1C3. The molecule has 176 valence electrons. The van der Waals surface area contributed by atoms with E-state index in [0.29, 0.717) is 12.6 Å². The molecule has 0 aromatic heterocycles. The molecular weight excluding hydrogens is 414 g/mol. The highest BCUT2D eigenvalue weighted by Crippen LogP contribution is 2.46. The molecule has 0 bridgehead atoms. The predicted octanol–water partition coefficient (Wildman–Crippen LogP) is 6.11. The van der Waals surface area contributed by atoms with Gasteiger partial charge in [-0.3, -0.25) is 4.90 Å². The Morgan fingerprint density at radius 2 is 1.39 bits per heavy atom. The van der Waals surface area contributed by atoms with Crippen LogP contribution in [0.3, 0.4) is 0 Å². The summed E-state index contributed by atoms with van der Waals surface area (Å²) in [4.78, 5) is 2.68. The van der Waals surface area contributed by atoms with E-state index < -0.39 is 0 Å². The summed E-state index contributed by atoms with van der Waals surface area (Å²) in [5.41, 5.74) is 2.87. The summed E-state index contributed by atoms with van der Waals surface area (Å²) in [6.07, 6.45) is 7.11. The third-order valence-electron chi connectivity index (χ3n) is 7.44. The Labute approximate surface area is 196 Å². The first-order valence-corrected chi connectivity index (χ1v) is 12.3. The number of piperidine rings is 1. The largest absolute Gasteiger partial charge is 0.493 e. The number of rotatable bonds is 7. The first-order chi connectivity index (χ1) is 16.2. The van der Waals surface area contributed by atoms with Crippen LogP contribution in [-0.4, -0.2) is 45.4 Å². The van der Waals surface area contributed by atoms with Gasteiger partial charge >= 0.3 is 0 Å². The Bertz CT molecular complexity index is 1170. The predicted molar refractivity (Wildman–Crippen MR) is 133 cm³/mol. The summed E-state index contributed by atoms with van der Waals surface area (Å²) in [5, 5.41) is 4.90. The zero-order valence-electron chi connectivity index (χ0n) is 20.3. The molecule has 2 aliphatic heterocycles. The second-order valence-electron chi connectivity index (χ2n) is 9.28. The lowest BCUT2D eigenvalue weighted by Crippen LogP contribution is -2.43. The number of hydrogen-bond acceptors (Lipinski definition) is 5. The summed E-state index contributed by atoms with van der Waals surface area (Å²) in [7, 11) is 5.13. The van der Waals surface area contributed by atoms with Gasteiger partial charge in [-0.1, -0.05) is 19.8 Å². The number of nitrogens with zero attached hydrogens (tertiary/aromatic N) is 1. The quantitative estimate of drug-likeness (QED) is 0.322. The van der Waals surface area contributed by atoms with Gasteiger partial charge in [0.15, 0.2) is 23.0 Å². The molecule has 3 aromatic rings. The maximum atomic E-state index is 6.18. The van der Waals surface area contributed by atoms with Crippen molar-refractivity contribution in [2.45, 2.75) is 58.0 Å². The van der Waals surface area contributed by atoms with E-state index in [1.54, 1.807) is 21.3 Å². The molecule has 5 nitrogen and oxygen atoms in total. The monoisotopic (exact) mass is 449 g/mol. The van der Waals surface area contributed by atoms with Crippen LogP contribution in [0.25, 0.3) is 21.5 Å². The molecule has 1 atom stereocenters. The fraction of sp³-hybridized carbons (Fsp3) is 0.500. The van der Waals surface area contributed by atoms with Crippen LogP contribution >= 0.6 is 0 Å². The number of hydrogen-bond donors (Lipinski definition) is 0. The van der Waals surface area contributed by atoms with E-state index in [4.69, 9.17) is 18.9 Å². The average Bonchev–Trinajstić information content (AvgIpc) is 2.86. The second kappa shape index (κ2) is 9.30. The first-order valence-electron chi connectivity index (χ1n) is 12.3. The van der Waals surface area contributed by atoms with Crippen LogP contribution in [0.5, 0.6) is 23.0 Å². The number of benzene rings is 3. The molecule has 5 heteroatoms. The molecule has 1 fully saturated rings. The molecule has 1 unspecified atom stereocenters. The topological polar surface area (TPSA) is 40.2 Å². The number of methoxy groups -OCH3 is 3. The Morgan fingerprint density at radius 3 is 2.06 bits per heavy atom. The lowest BCUT2D eigenvalue weighted by molar-refractivity contribution is 0.128. The molecule has 2 aliphatic rings. The minimum Gasteiger partial charge on any atom is -0.493 e. The van der Waals surface area contributed by atoms with E-state index >= 15 is 0 Å². The van der Waals surface area contributed by atoms with E-state index in [0.717, 1.165) is 48.8 Å². The van der Waals surface area contributed by atoms with Crippen molar-refractivity contribution in [1.82, 2.24) is 4.90 Å². The van der Waals surface area contributed by atoms with Gasteiger partial charge < -0.3 is 18.9 Å². The molecule has 0 N–H and O–H groups in total. The number of ether oxygens (including phenoxy) is 4.